The van der Waals surface area contributed by atoms with Crippen LogP contribution in [0.4, 0.5) is 0 Å². The number of aromatic nitrogens is 2. The molecule has 0 atom stereocenters. The molecule has 1 aromatic heterocycles. The Hall–Kier alpha value is -1.67. The van der Waals surface area contributed by atoms with Gasteiger partial charge in [-0.05, 0) is 24.3 Å². The van der Waals surface area contributed by atoms with E-state index in [0.29, 0.717) is 0 Å². The summed E-state index contributed by atoms with van der Waals surface area (Å²) in [7, 11) is 1.96. The number of benzene rings is 2. The summed E-state index contributed by atoms with van der Waals surface area (Å²) in [6, 6.07) is 15.2. The fourth-order valence-corrected chi connectivity index (χ4v) is 2.05. The summed E-state index contributed by atoms with van der Waals surface area (Å²) in [4.78, 5) is 4.55. The van der Waals surface area contributed by atoms with Crippen molar-refractivity contribution < 1.29 is 24.6 Å². The topological polar surface area (TPSA) is 38.0 Å². The van der Waals surface area contributed by atoms with Crippen LogP contribution in [0.25, 0.3) is 22.4 Å². The Balaban J connectivity index is 0.00000120. The molecule has 0 fully saturated rings. The van der Waals surface area contributed by atoms with Crippen molar-refractivity contribution in [3.05, 3.63) is 48.5 Å². The molecule has 1 heterocycles. The second-order valence-electron chi connectivity index (χ2n) is 4.00. The van der Waals surface area contributed by atoms with E-state index in [1.807, 2.05) is 54.1 Å². The number of imidazole rings is 1. The van der Waals surface area contributed by atoms with E-state index in [9.17, 15) is 5.11 Å². The Morgan fingerprint density at radius 3 is 2.39 bits per heavy atom. The van der Waals surface area contributed by atoms with Crippen LogP contribution in [0.3, 0.4) is 0 Å². The van der Waals surface area contributed by atoms with Gasteiger partial charge in [0.05, 0.1) is 16.6 Å². The van der Waals surface area contributed by atoms with Gasteiger partial charge < -0.3 is 9.67 Å². The summed E-state index contributed by atoms with van der Waals surface area (Å²) in [5.74, 6) is 1.04. The monoisotopic (exact) mass is 288 g/mol. The van der Waals surface area contributed by atoms with E-state index >= 15 is 0 Å². The number of hydrogen-bond acceptors (Lipinski definition) is 2. The summed E-state index contributed by atoms with van der Waals surface area (Å²) < 4.78 is 1.99. The maximum Gasteiger partial charge on any atom is 0.144 e. The molecule has 0 saturated heterocycles. The molecule has 0 unspecified atom stereocenters. The van der Waals surface area contributed by atoms with Crippen LogP contribution >= 0.6 is 0 Å². The SMILES string of the molecule is Cn1c(-c2ccccc2O)nc2ccccc21.[Zn]. The number of aromatic hydroxyl groups is 1. The molecular formula is C14H12N2OZn. The van der Waals surface area contributed by atoms with Crippen LogP contribution in [-0.2, 0) is 26.5 Å². The van der Waals surface area contributed by atoms with Crippen LogP contribution in [0, 0.1) is 0 Å². The Bertz CT molecular complexity index is 691. The zero-order chi connectivity index (χ0) is 11.8. The van der Waals surface area contributed by atoms with Crippen LogP contribution in [0.1, 0.15) is 0 Å². The predicted molar refractivity (Wildman–Crippen MR) is 67.8 cm³/mol. The zero-order valence-corrected chi connectivity index (χ0v) is 13.1. The molecule has 3 nitrogen and oxygen atoms in total. The molecule has 86 valence electrons. The van der Waals surface area contributed by atoms with Crippen LogP contribution in [0.5, 0.6) is 5.75 Å². The van der Waals surface area contributed by atoms with Gasteiger partial charge in [-0.2, -0.15) is 0 Å². The number of nitrogens with zero attached hydrogens (tertiary/aromatic N) is 2. The van der Waals surface area contributed by atoms with Crippen molar-refractivity contribution in [2.75, 3.05) is 0 Å². The normalized spacial score (nSPS) is 10.3. The molecule has 0 bridgehead atoms. The van der Waals surface area contributed by atoms with Crippen LogP contribution < -0.4 is 0 Å². The van der Waals surface area contributed by atoms with E-state index in [1.54, 1.807) is 6.07 Å². The molecule has 1 N–H and O–H groups in total. The maximum absolute atomic E-state index is 9.86. The first kappa shape index (κ1) is 12.8. The minimum atomic E-state index is 0. The fourth-order valence-electron chi connectivity index (χ4n) is 2.05. The Morgan fingerprint density at radius 2 is 1.67 bits per heavy atom. The van der Waals surface area contributed by atoms with Crippen molar-refractivity contribution >= 4 is 11.0 Å². The largest absolute Gasteiger partial charge is 0.507 e. The van der Waals surface area contributed by atoms with E-state index in [0.717, 1.165) is 22.4 Å². The molecule has 0 aliphatic rings. The number of phenolic OH excluding ortho intramolecular Hbond substituents is 1. The van der Waals surface area contributed by atoms with Crippen LogP contribution in [0.15, 0.2) is 48.5 Å². The fraction of sp³-hybridized carbons (Fsp3) is 0.0714. The standard InChI is InChI=1S/C14H12N2O.Zn/c1-16-12-8-4-3-7-11(12)15-14(16)10-6-2-5-9-13(10)17;/h2-9,17H,1H3;. The maximum atomic E-state index is 9.86. The van der Waals surface area contributed by atoms with Gasteiger partial charge in [0.2, 0.25) is 0 Å². The van der Waals surface area contributed by atoms with E-state index in [1.165, 1.54) is 0 Å². The number of aryl methyl sites for hydroxylation is 1. The minimum Gasteiger partial charge on any atom is -0.507 e. The predicted octanol–water partition coefficient (Wildman–Crippen LogP) is 2.94. The van der Waals surface area contributed by atoms with E-state index in [4.69, 9.17) is 0 Å². The summed E-state index contributed by atoms with van der Waals surface area (Å²) in [6.07, 6.45) is 0. The van der Waals surface area contributed by atoms with Gasteiger partial charge in [-0.1, -0.05) is 24.3 Å². The number of hydrogen-bond donors (Lipinski definition) is 1. The summed E-state index contributed by atoms with van der Waals surface area (Å²) in [5, 5.41) is 9.86. The van der Waals surface area contributed by atoms with Crippen LogP contribution in [-0.4, -0.2) is 14.7 Å². The zero-order valence-electron chi connectivity index (χ0n) is 10.2. The molecule has 0 spiro atoms. The Morgan fingerprint density at radius 1 is 1.00 bits per heavy atom. The molecule has 18 heavy (non-hydrogen) atoms. The van der Waals surface area contributed by atoms with Crippen molar-refractivity contribution in [3.63, 3.8) is 0 Å². The molecule has 3 aromatic rings. The van der Waals surface area contributed by atoms with Gasteiger partial charge in [0.15, 0.2) is 0 Å². The van der Waals surface area contributed by atoms with Gasteiger partial charge in [-0.25, -0.2) is 4.98 Å². The van der Waals surface area contributed by atoms with Gasteiger partial charge >= 0.3 is 0 Å². The van der Waals surface area contributed by atoms with E-state index in [2.05, 4.69) is 4.98 Å². The first-order valence-electron chi connectivity index (χ1n) is 5.47. The first-order valence-corrected chi connectivity index (χ1v) is 5.47. The van der Waals surface area contributed by atoms with Crippen molar-refractivity contribution in [2.45, 2.75) is 0 Å². The van der Waals surface area contributed by atoms with E-state index in [-0.39, 0.29) is 25.2 Å². The summed E-state index contributed by atoms with van der Waals surface area (Å²) in [5.41, 5.74) is 2.75. The number of para-hydroxylation sites is 3. The van der Waals surface area contributed by atoms with Crippen molar-refractivity contribution in [2.24, 2.45) is 7.05 Å². The molecule has 4 heteroatoms. The minimum absolute atomic E-state index is 0. The van der Waals surface area contributed by atoms with Crippen molar-refractivity contribution in [3.8, 4) is 17.1 Å². The third-order valence-corrected chi connectivity index (χ3v) is 2.93. The summed E-state index contributed by atoms with van der Waals surface area (Å²) >= 11 is 0. The van der Waals surface area contributed by atoms with E-state index < -0.39 is 0 Å². The Labute approximate surface area is 118 Å². The molecule has 0 radical (unpaired) electrons. The summed E-state index contributed by atoms with van der Waals surface area (Å²) in [6.45, 7) is 0. The van der Waals surface area contributed by atoms with Crippen LogP contribution in [0.2, 0.25) is 0 Å². The molecule has 0 aliphatic carbocycles. The number of phenols is 1. The average molecular weight is 290 g/mol. The molecule has 0 saturated carbocycles. The van der Waals surface area contributed by atoms with Gasteiger partial charge in [0, 0.05) is 26.5 Å². The number of fused-ring (bicyclic) bond motifs is 1. The second kappa shape index (κ2) is 4.91. The third-order valence-electron chi connectivity index (χ3n) is 2.93. The third kappa shape index (κ3) is 1.93. The van der Waals surface area contributed by atoms with Crippen molar-refractivity contribution in [1.29, 1.82) is 0 Å². The molecule has 0 amide bonds. The average Bonchev–Trinajstić information content (AvgIpc) is 2.68. The molecule has 2 aromatic carbocycles. The van der Waals surface area contributed by atoms with Gasteiger partial charge in [0.25, 0.3) is 0 Å². The first-order chi connectivity index (χ1) is 8.27. The quantitative estimate of drug-likeness (QED) is 0.700. The molecular weight excluding hydrogens is 278 g/mol. The second-order valence-corrected chi connectivity index (χ2v) is 4.00. The number of rotatable bonds is 1. The van der Waals surface area contributed by atoms with Gasteiger partial charge in [0.1, 0.15) is 11.6 Å². The molecule has 0 aliphatic heterocycles. The Kier molecular flexibility index (Phi) is 3.49. The van der Waals surface area contributed by atoms with Crippen molar-refractivity contribution in [1.82, 2.24) is 9.55 Å². The van der Waals surface area contributed by atoms with Gasteiger partial charge in [-0.3, -0.25) is 0 Å². The molecule has 3 rings (SSSR count). The van der Waals surface area contributed by atoms with Gasteiger partial charge in [-0.15, -0.1) is 0 Å². The smallest absolute Gasteiger partial charge is 0.144 e.